The van der Waals surface area contributed by atoms with Gasteiger partial charge in [0.25, 0.3) is 0 Å². The van der Waals surface area contributed by atoms with Crippen molar-refractivity contribution in [1.82, 2.24) is 9.97 Å². The standard InChI is InChI=1S/C30H36N4O5/c1-19-20(2)31-25-7-6-22(16-24(19)25)32-23-17-28(34-9-12-38-13-10-34)33-29(18-23)39-11-8-21-14-26(35-3)30(37-5)27(15-21)36-4/h6-7,14-18,31H,8-13H2,1-5H3,(H,32,33). The fourth-order valence-electron chi connectivity index (χ4n) is 4.85. The molecule has 0 unspecified atom stereocenters. The average Bonchev–Trinajstić information content (AvgIpc) is 3.25. The van der Waals surface area contributed by atoms with Crippen LogP contribution in [0.3, 0.4) is 0 Å². The Morgan fingerprint density at radius 1 is 0.923 bits per heavy atom. The summed E-state index contributed by atoms with van der Waals surface area (Å²) >= 11 is 0. The molecule has 5 rings (SSSR count). The molecule has 9 heteroatoms. The molecule has 2 aromatic heterocycles. The number of pyridine rings is 1. The summed E-state index contributed by atoms with van der Waals surface area (Å²) in [5.74, 6) is 3.24. The van der Waals surface area contributed by atoms with E-state index in [0.717, 1.165) is 41.4 Å². The van der Waals surface area contributed by atoms with Crippen molar-refractivity contribution in [3.8, 4) is 23.1 Å². The van der Waals surface area contributed by atoms with Crippen molar-refractivity contribution in [1.29, 1.82) is 0 Å². The molecule has 0 amide bonds. The van der Waals surface area contributed by atoms with Gasteiger partial charge in [-0.2, -0.15) is 4.98 Å². The molecule has 1 aliphatic heterocycles. The van der Waals surface area contributed by atoms with Crippen LogP contribution >= 0.6 is 0 Å². The number of hydrogen-bond acceptors (Lipinski definition) is 8. The Labute approximate surface area is 229 Å². The molecular formula is C30H36N4O5. The van der Waals surface area contributed by atoms with Gasteiger partial charge in [0.05, 0.1) is 41.2 Å². The van der Waals surface area contributed by atoms with Gasteiger partial charge in [0.2, 0.25) is 11.6 Å². The van der Waals surface area contributed by atoms with Gasteiger partial charge in [0.1, 0.15) is 5.82 Å². The van der Waals surface area contributed by atoms with E-state index in [4.69, 9.17) is 28.7 Å². The Hall–Kier alpha value is -4.11. The van der Waals surface area contributed by atoms with Gasteiger partial charge in [-0.25, -0.2) is 0 Å². The van der Waals surface area contributed by atoms with E-state index in [1.54, 1.807) is 21.3 Å². The van der Waals surface area contributed by atoms with Gasteiger partial charge in [-0.3, -0.25) is 0 Å². The van der Waals surface area contributed by atoms with Crippen molar-refractivity contribution in [2.75, 3.05) is 64.5 Å². The zero-order chi connectivity index (χ0) is 27.4. The van der Waals surface area contributed by atoms with E-state index in [1.807, 2.05) is 18.2 Å². The van der Waals surface area contributed by atoms with E-state index in [2.05, 4.69) is 53.3 Å². The Bertz CT molecular complexity index is 1420. The monoisotopic (exact) mass is 532 g/mol. The predicted molar refractivity (Wildman–Crippen MR) is 154 cm³/mol. The number of morpholine rings is 1. The molecular weight excluding hydrogens is 496 g/mol. The van der Waals surface area contributed by atoms with Gasteiger partial charge in [-0.15, -0.1) is 0 Å². The molecule has 4 aromatic rings. The topological polar surface area (TPSA) is 90.1 Å². The summed E-state index contributed by atoms with van der Waals surface area (Å²) < 4.78 is 28.2. The van der Waals surface area contributed by atoms with Gasteiger partial charge in [-0.05, 0) is 55.3 Å². The van der Waals surface area contributed by atoms with Crippen LogP contribution in [-0.4, -0.2) is 64.2 Å². The summed E-state index contributed by atoms with van der Waals surface area (Å²) in [4.78, 5) is 10.5. The van der Waals surface area contributed by atoms with Crippen LogP contribution in [0.2, 0.25) is 0 Å². The summed E-state index contributed by atoms with van der Waals surface area (Å²) in [6.45, 7) is 7.61. The molecule has 1 fully saturated rings. The smallest absolute Gasteiger partial charge is 0.217 e. The number of hydrogen-bond donors (Lipinski definition) is 2. The number of aromatic nitrogens is 2. The largest absolute Gasteiger partial charge is 0.493 e. The maximum absolute atomic E-state index is 6.19. The zero-order valence-corrected chi connectivity index (χ0v) is 23.2. The summed E-state index contributed by atoms with van der Waals surface area (Å²) in [6.07, 6.45) is 0.645. The fourth-order valence-corrected chi connectivity index (χ4v) is 4.85. The maximum Gasteiger partial charge on any atom is 0.217 e. The number of methoxy groups -OCH3 is 3. The van der Waals surface area contributed by atoms with Crippen LogP contribution in [0.1, 0.15) is 16.8 Å². The van der Waals surface area contributed by atoms with Crippen molar-refractivity contribution < 1.29 is 23.7 Å². The van der Waals surface area contributed by atoms with E-state index in [1.165, 1.54) is 16.6 Å². The molecule has 2 N–H and O–H groups in total. The molecule has 206 valence electrons. The maximum atomic E-state index is 6.19. The minimum absolute atomic E-state index is 0.436. The van der Waals surface area contributed by atoms with E-state index in [0.29, 0.717) is 49.4 Å². The number of anilines is 3. The average molecular weight is 533 g/mol. The van der Waals surface area contributed by atoms with Crippen LogP contribution in [0.5, 0.6) is 23.1 Å². The minimum Gasteiger partial charge on any atom is -0.493 e. The predicted octanol–water partition coefficient (Wildman–Crippen LogP) is 5.41. The number of nitrogens with one attached hydrogen (secondary N) is 2. The highest BCUT2D eigenvalue weighted by molar-refractivity contribution is 5.88. The first kappa shape index (κ1) is 26.5. The van der Waals surface area contributed by atoms with Crippen molar-refractivity contribution >= 4 is 28.1 Å². The van der Waals surface area contributed by atoms with Crippen LogP contribution in [0.15, 0.2) is 42.5 Å². The molecule has 0 bridgehead atoms. The van der Waals surface area contributed by atoms with Crippen LogP contribution < -0.4 is 29.2 Å². The highest BCUT2D eigenvalue weighted by Crippen LogP contribution is 2.38. The van der Waals surface area contributed by atoms with Gasteiger partial charge in [0, 0.05) is 59.6 Å². The number of benzene rings is 2. The van der Waals surface area contributed by atoms with E-state index in [-0.39, 0.29) is 0 Å². The molecule has 2 aromatic carbocycles. The zero-order valence-electron chi connectivity index (χ0n) is 23.2. The Kier molecular flexibility index (Phi) is 7.97. The quantitative estimate of drug-likeness (QED) is 0.280. The molecule has 1 saturated heterocycles. The van der Waals surface area contributed by atoms with E-state index in [9.17, 15) is 0 Å². The second-order valence-corrected chi connectivity index (χ2v) is 9.54. The lowest BCUT2D eigenvalue weighted by molar-refractivity contribution is 0.122. The van der Waals surface area contributed by atoms with Crippen LogP contribution in [0, 0.1) is 13.8 Å². The number of ether oxygens (including phenoxy) is 5. The van der Waals surface area contributed by atoms with Crippen molar-refractivity contribution in [3.63, 3.8) is 0 Å². The SMILES string of the molecule is COc1cc(CCOc2cc(Nc3ccc4[nH]c(C)c(C)c4c3)cc(N3CCOCC3)n2)cc(OC)c1OC. The Morgan fingerprint density at radius 2 is 1.67 bits per heavy atom. The summed E-state index contributed by atoms with van der Waals surface area (Å²) in [5.41, 5.74) is 6.51. The van der Waals surface area contributed by atoms with Gasteiger partial charge >= 0.3 is 0 Å². The van der Waals surface area contributed by atoms with Crippen LogP contribution in [-0.2, 0) is 11.2 Å². The summed E-state index contributed by atoms with van der Waals surface area (Å²) in [5, 5.41) is 4.77. The fraction of sp³-hybridized carbons (Fsp3) is 0.367. The molecule has 0 radical (unpaired) electrons. The third-order valence-corrected chi connectivity index (χ3v) is 7.09. The first-order valence-electron chi connectivity index (χ1n) is 13.1. The number of rotatable bonds is 10. The molecule has 39 heavy (non-hydrogen) atoms. The van der Waals surface area contributed by atoms with Gasteiger partial charge in [-0.1, -0.05) is 0 Å². The summed E-state index contributed by atoms with van der Waals surface area (Å²) in [7, 11) is 4.83. The molecule has 3 heterocycles. The van der Waals surface area contributed by atoms with Crippen molar-refractivity contribution in [2.45, 2.75) is 20.3 Å². The third kappa shape index (κ3) is 5.83. The number of aryl methyl sites for hydroxylation is 2. The highest BCUT2D eigenvalue weighted by atomic mass is 16.5. The van der Waals surface area contributed by atoms with Gasteiger partial charge < -0.3 is 38.9 Å². The van der Waals surface area contributed by atoms with Crippen molar-refractivity contribution in [3.05, 3.63) is 59.3 Å². The van der Waals surface area contributed by atoms with Gasteiger partial charge in [0.15, 0.2) is 11.5 Å². The summed E-state index contributed by atoms with van der Waals surface area (Å²) in [6, 6.07) is 14.3. The first-order chi connectivity index (χ1) is 19.0. The number of H-pyrrole nitrogens is 1. The Morgan fingerprint density at radius 3 is 2.36 bits per heavy atom. The molecule has 0 aliphatic carbocycles. The second-order valence-electron chi connectivity index (χ2n) is 9.54. The number of nitrogens with zero attached hydrogens (tertiary/aromatic N) is 2. The molecule has 0 saturated carbocycles. The van der Waals surface area contributed by atoms with E-state index < -0.39 is 0 Å². The number of fused-ring (bicyclic) bond motifs is 1. The molecule has 0 atom stereocenters. The van der Waals surface area contributed by atoms with Crippen LogP contribution in [0.4, 0.5) is 17.2 Å². The lowest BCUT2D eigenvalue weighted by Gasteiger charge is -2.28. The number of aromatic amines is 1. The van der Waals surface area contributed by atoms with E-state index >= 15 is 0 Å². The molecule has 0 spiro atoms. The lowest BCUT2D eigenvalue weighted by atomic mass is 10.1. The second kappa shape index (κ2) is 11.7. The Balaban J connectivity index is 1.37. The van der Waals surface area contributed by atoms with Crippen LogP contribution in [0.25, 0.3) is 10.9 Å². The van der Waals surface area contributed by atoms with Crippen molar-refractivity contribution in [2.24, 2.45) is 0 Å². The normalized spacial score (nSPS) is 13.4. The minimum atomic E-state index is 0.436. The highest BCUT2D eigenvalue weighted by Gasteiger charge is 2.16. The molecule has 1 aliphatic rings. The molecule has 9 nitrogen and oxygen atoms in total. The first-order valence-corrected chi connectivity index (χ1v) is 13.1. The third-order valence-electron chi connectivity index (χ3n) is 7.09. The lowest BCUT2D eigenvalue weighted by Crippen LogP contribution is -2.36.